The molecule has 21 heavy (non-hydrogen) atoms. The van der Waals surface area contributed by atoms with Crippen molar-refractivity contribution in [1.29, 1.82) is 0 Å². The normalized spacial score (nSPS) is 10.3. The van der Waals surface area contributed by atoms with E-state index >= 15 is 0 Å². The predicted octanol–water partition coefficient (Wildman–Crippen LogP) is 2.52. The Morgan fingerprint density at radius 2 is 2.00 bits per heavy atom. The van der Waals surface area contributed by atoms with Gasteiger partial charge in [0.1, 0.15) is 24.3 Å². The lowest BCUT2D eigenvalue weighted by Crippen LogP contribution is -2.13. The summed E-state index contributed by atoms with van der Waals surface area (Å²) >= 11 is 2.19. The van der Waals surface area contributed by atoms with E-state index in [2.05, 4.69) is 42.9 Å². The molecule has 2 aromatic heterocycles. The van der Waals surface area contributed by atoms with E-state index in [-0.39, 0.29) is 5.91 Å². The molecule has 1 amide bonds. The molecular formula is C14H10IN5O. The maximum Gasteiger partial charge on any atom is 0.256 e. The standard InChI is InChI=1S/C14H10IN5O/c15-11-3-1-10(2-4-11)14(21)19-12-7-13(18-8-17-12)20-6-5-16-9-20/h1-9H,(H,17,18,19,21). The van der Waals surface area contributed by atoms with Crippen molar-refractivity contribution in [3.63, 3.8) is 0 Å². The molecule has 104 valence electrons. The Balaban J connectivity index is 1.80. The second kappa shape index (κ2) is 6.00. The first-order valence-electron chi connectivity index (χ1n) is 6.10. The van der Waals surface area contributed by atoms with Crippen LogP contribution in [-0.4, -0.2) is 25.4 Å². The molecule has 3 rings (SSSR count). The number of hydrogen-bond acceptors (Lipinski definition) is 4. The van der Waals surface area contributed by atoms with Gasteiger partial charge in [-0.15, -0.1) is 0 Å². The van der Waals surface area contributed by atoms with Gasteiger partial charge in [-0.05, 0) is 46.9 Å². The molecule has 0 spiro atoms. The van der Waals surface area contributed by atoms with E-state index in [9.17, 15) is 4.79 Å². The van der Waals surface area contributed by atoms with E-state index in [4.69, 9.17) is 0 Å². The van der Waals surface area contributed by atoms with Gasteiger partial charge in [0.2, 0.25) is 0 Å². The summed E-state index contributed by atoms with van der Waals surface area (Å²) in [5, 5.41) is 2.75. The maximum atomic E-state index is 12.1. The molecule has 0 atom stereocenters. The van der Waals surface area contributed by atoms with Crippen LogP contribution in [0.25, 0.3) is 5.82 Å². The highest BCUT2D eigenvalue weighted by Crippen LogP contribution is 2.11. The van der Waals surface area contributed by atoms with Crippen molar-refractivity contribution in [2.75, 3.05) is 5.32 Å². The number of carbonyl (C=O) groups excluding carboxylic acids is 1. The monoisotopic (exact) mass is 391 g/mol. The number of nitrogens with zero attached hydrogens (tertiary/aromatic N) is 4. The maximum absolute atomic E-state index is 12.1. The van der Waals surface area contributed by atoms with Gasteiger partial charge in [0, 0.05) is 27.6 Å². The van der Waals surface area contributed by atoms with E-state index in [0.717, 1.165) is 3.57 Å². The number of rotatable bonds is 3. The Hall–Kier alpha value is -2.29. The third kappa shape index (κ3) is 3.24. The largest absolute Gasteiger partial charge is 0.306 e. The van der Waals surface area contributed by atoms with Crippen molar-refractivity contribution < 1.29 is 4.79 Å². The van der Waals surface area contributed by atoms with Crippen LogP contribution < -0.4 is 5.32 Å². The average molecular weight is 391 g/mol. The summed E-state index contributed by atoms with van der Waals surface area (Å²) in [6.45, 7) is 0. The molecule has 0 aliphatic carbocycles. The van der Waals surface area contributed by atoms with Gasteiger partial charge < -0.3 is 5.32 Å². The summed E-state index contributed by atoms with van der Waals surface area (Å²) in [6, 6.07) is 9.00. The lowest BCUT2D eigenvalue weighted by molar-refractivity contribution is 0.102. The second-order valence-corrected chi connectivity index (χ2v) is 5.44. The van der Waals surface area contributed by atoms with E-state index < -0.39 is 0 Å². The SMILES string of the molecule is O=C(Nc1cc(-n2ccnc2)ncn1)c1ccc(I)cc1. The van der Waals surface area contributed by atoms with Gasteiger partial charge in [0.15, 0.2) is 0 Å². The fourth-order valence-electron chi connectivity index (χ4n) is 1.74. The fraction of sp³-hybridized carbons (Fsp3) is 0. The van der Waals surface area contributed by atoms with Crippen LogP contribution in [0, 0.1) is 3.57 Å². The Kier molecular flexibility index (Phi) is 3.91. The van der Waals surface area contributed by atoms with Gasteiger partial charge in [0.25, 0.3) is 5.91 Å². The summed E-state index contributed by atoms with van der Waals surface area (Å²) in [7, 11) is 0. The average Bonchev–Trinajstić information content (AvgIpc) is 3.02. The predicted molar refractivity (Wildman–Crippen MR) is 86.3 cm³/mol. The second-order valence-electron chi connectivity index (χ2n) is 4.19. The number of amides is 1. The number of aromatic nitrogens is 4. The molecule has 0 fully saturated rings. The number of halogens is 1. The van der Waals surface area contributed by atoms with Crippen LogP contribution >= 0.6 is 22.6 Å². The highest BCUT2D eigenvalue weighted by Gasteiger charge is 2.08. The molecule has 0 saturated heterocycles. The number of hydrogen-bond donors (Lipinski definition) is 1. The smallest absolute Gasteiger partial charge is 0.256 e. The zero-order valence-corrected chi connectivity index (χ0v) is 12.9. The van der Waals surface area contributed by atoms with E-state index in [1.165, 1.54) is 6.33 Å². The molecular weight excluding hydrogens is 381 g/mol. The van der Waals surface area contributed by atoms with Gasteiger partial charge in [-0.1, -0.05) is 0 Å². The molecule has 0 unspecified atom stereocenters. The number of benzene rings is 1. The minimum absolute atomic E-state index is 0.207. The van der Waals surface area contributed by atoms with Crippen LogP contribution in [0.2, 0.25) is 0 Å². The minimum atomic E-state index is -0.207. The Morgan fingerprint density at radius 1 is 1.19 bits per heavy atom. The summed E-state index contributed by atoms with van der Waals surface area (Å²) in [5.41, 5.74) is 0.582. The van der Waals surface area contributed by atoms with Crippen LogP contribution in [-0.2, 0) is 0 Å². The van der Waals surface area contributed by atoms with Crippen LogP contribution in [0.3, 0.4) is 0 Å². The minimum Gasteiger partial charge on any atom is -0.306 e. The van der Waals surface area contributed by atoms with Crippen molar-refractivity contribution in [3.05, 3.63) is 64.5 Å². The van der Waals surface area contributed by atoms with Crippen molar-refractivity contribution in [2.45, 2.75) is 0 Å². The highest BCUT2D eigenvalue weighted by molar-refractivity contribution is 14.1. The fourth-order valence-corrected chi connectivity index (χ4v) is 2.10. The lowest BCUT2D eigenvalue weighted by Gasteiger charge is -2.06. The van der Waals surface area contributed by atoms with Gasteiger partial charge in [-0.3, -0.25) is 9.36 Å². The molecule has 6 nitrogen and oxygen atoms in total. The number of imidazole rings is 1. The summed E-state index contributed by atoms with van der Waals surface area (Å²) in [4.78, 5) is 24.3. The van der Waals surface area contributed by atoms with Crippen molar-refractivity contribution in [1.82, 2.24) is 19.5 Å². The topological polar surface area (TPSA) is 72.7 Å². The third-order valence-corrected chi connectivity index (χ3v) is 3.49. The highest BCUT2D eigenvalue weighted by atomic mass is 127. The molecule has 7 heteroatoms. The van der Waals surface area contributed by atoms with Crippen LogP contribution in [0.5, 0.6) is 0 Å². The van der Waals surface area contributed by atoms with E-state index in [1.807, 2.05) is 12.1 Å². The van der Waals surface area contributed by atoms with Gasteiger partial charge in [-0.25, -0.2) is 15.0 Å². The summed E-state index contributed by atoms with van der Waals surface area (Å²) in [5.74, 6) is 0.874. The Morgan fingerprint density at radius 3 is 2.71 bits per heavy atom. The van der Waals surface area contributed by atoms with Gasteiger partial charge in [-0.2, -0.15) is 0 Å². The molecule has 2 heterocycles. The molecule has 0 aliphatic rings. The first-order chi connectivity index (χ1) is 10.2. The summed E-state index contributed by atoms with van der Waals surface area (Å²) in [6.07, 6.45) is 6.46. The van der Waals surface area contributed by atoms with E-state index in [0.29, 0.717) is 17.2 Å². The molecule has 1 aromatic carbocycles. The molecule has 0 bridgehead atoms. The van der Waals surface area contributed by atoms with E-state index in [1.54, 1.807) is 41.5 Å². The molecule has 0 aliphatic heterocycles. The first-order valence-corrected chi connectivity index (χ1v) is 7.17. The van der Waals surface area contributed by atoms with Crippen LogP contribution in [0.15, 0.2) is 55.4 Å². The number of nitrogens with one attached hydrogen (secondary N) is 1. The van der Waals surface area contributed by atoms with Crippen molar-refractivity contribution >= 4 is 34.3 Å². The molecule has 0 saturated carbocycles. The zero-order chi connectivity index (χ0) is 14.7. The van der Waals surface area contributed by atoms with Gasteiger partial charge in [0.05, 0.1) is 0 Å². The lowest BCUT2D eigenvalue weighted by atomic mass is 10.2. The first kappa shape index (κ1) is 13.7. The molecule has 3 aromatic rings. The third-order valence-electron chi connectivity index (χ3n) is 2.77. The Labute approximate surface area is 134 Å². The molecule has 1 N–H and O–H groups in total. The van der Waals surface area contributed by atoms with Crippen LogP contribution in [0.1, 0.15) is 10.4 Å². The quantitative estimate of drug-likeness (QED) is 0.697. The number of anilines is 1. The Bertz CT molecular complexity index is 755. The van der Waals surface area contributed by atoms with Gasteiger partial charge >= 0.3 is 0 Å². The van der Waals surface area contributed by atoms with Crippen LogP contribution in [0.4, 0.5) is 5.82 Å². The van der Waals surface area contributed by atoms with Crippen molar-refractivity contribution in [3.8, 4) is 5.82 Å². The van der Waals surface area contributed by atoms with Crippen molar-refractivity contribution in [2.24, 2.45) is 0 Å². The summed E-state index contributed by atoms with van der Waals surface area (Å²) < 4.78 is 2.82. The molecule has 0 radical (unpaired) electrons. The number of carbonyl (C=O) groups is 1. The zero-order valence-electron chi connectivity index (χ0n) is 10.8.